The van der Waals surface area contributed by atoms with Crippen molar-refractivity contribution in [2.45, 2.75) is 39.5 Å². The van der Waals surface area contributed by atoms with Gasteiger partial charge >= 0.3 is 0 Å². The van der Waals surface area contributed by atoms with E-state index < -0.39 is 0 Å². The SMILES string of the molecule is CCC(C)n1ccc(COc2ccc(CNC)cc2Br)n1. The van der Waals surface area contributed by atoms with E-state index in [-0.39, 0.29) is 0 Å². The summed E-state index contributed by atoms with van der Waals surface area (Å²) < 4.78 is 8.80. The number of benzene rings is 1. The molecule has 0 aliphatic rings. The van der Waals surface area contributed by atoms with Gasteiger partial charge in [-0.25, -0.2) is 0 Å². The largest absolute Gasteiger partial charge is 0.486 e. The minimum absolute atomic E-state index is 0.423. The Bertz CT molecular complexity index is 583. The van der Waals surface area contributed by atoms with Gasteiger partial charge in [-0.1, -0.05) is 13.0 Å². The van der Waals surface area contributed by atoms with Crippen LogP contribution in [0.15, 0.2) is 34.9 Å². The Labute approximate surface area is 134 Å². The molecule has 0 bridgehead atoms. The van der Waals surface area contributed by atoms with Crippen LogP contribution >= 0.6 is 15.9 Å². The van der Waals surface area contributed by atoms with E-state index in [1.165, 1.54) is 5.56 Å². The van der Waals surface area contributed by atoms with E-state index in [1.807, 2.05) is 30.1 Å². The van der Waals surface area contributed by atoms with Gasteiger partial charge in [-0.05, 0) is 60.1 Å². The van der Waals surface area contributed by atoms with Crippen molar-refractivity contribution in [1.82, 2.24) is 15.1 Å². The Kier molecular flexibility index (Phi) is 5.82. The molecule has 1 N–H and O–H groups in total. The molecule has 0 aliphatic heterocycles. The predicted octanol–water partition coefficient (Wildman–Crippen LogP) is 3.92. The molecule has 0 radical (unpaired) electrons. The third-order valence-corrected chi connectivity index (χ3v) is 4.08. The molecule has 0 saturated carbocycles. The summed E-state index contributed by atoms with van der Waals surface area (Å²) in [6.07, 6.45) is 3.08. The Morgan fingerprint density at radius 1 is 1.38 bits per heavy atom. The van der Waals surface area contributed by atoms with Crippen molar-refractivity contribution >= 4 is 15.9 Å². The molecule has 2 aromatic rings. The molecule has 2 rings (SSSR count). The first-order valence-electron chi connectivity index (χ1n) is 7.24. The third-order valence-electron chi connectivity index (χ3n) is 3.46. The second-order valence-corrected chi connectivity index (χ2v) is 5.98. The van der Waals surface area contributed by atoms with Crippen LogP contribution in [0.3, 0.4) is 0 Å². The number of nitrogens with one attached hydrogen (secondary N) is 1. The second kappa shape index (κ2) is 7.61. The van der Waals surface area contributed by atoms with Gasteiger partial charge in [0, 0.05) is 18.8 Å². The minimum Gasteiger partial charge on any atom is -0.486 e. The number of hydrogen-bond acceptors (Lipinski definition) is 3. The minimum atomic E-state index is 0.423. The molecule has 5 heteroatoms. The van der Waals surface area contributed by atoms with Crippen LogP contribution in [0, 0.1) is 0 Å². The highest BCUT2D eigenvalue weighted by Crippen LogP contribution is 2.26. The summed E-state index contributed by atoms with van der Waals surface area (Å²) in [7, 11) is 1.94. The summed E-state index contributed by atoms with van der Waals surface area (Å²) in [5.41, 5.74) is 2.17. The molecule has 4 nitrogen and oxygen atoms in total. The molecule has 114 valence electrons. The van der Waals surface area contributed by atoms with Crippen molar-refractivity contribution < 1.29 is 4.74 Å². The highest BCUT2D eigenvalue weighted by atomic mass is 79.9. The lowest BCUT2D eigenvalue weighted by Gasteiger charge is -2.10. The van der Waals surface area contributed by atoms with Gasteiger partial charge in [0.25, 0.3) is 0 Å². The van der Waals surface area contributed by atoms with Crippen LogP contribution in [0.25, 0.3) is 0 Å². The topological polar surface area (TPSA) is 39.1 Å². The van der Waals surface area contributed by atoms with Gasteiger partial charge in [0.05, 0.1) is 10.2 Å². The monoisotopic (exact) mass is 351 g/mol. The average molecular weight is 352 g/mol. The summed E-state index contributed by atoms with van der Waals surface area (Å²) in [5, 5.41) is 7.67. The zero-order valence-electron chi connectivity index (χ0n) is 12.8. The third kappa shape index (κ3) is 4.32. The lowest BCUT2D eigenvalue weighted by molar-refractivity contribution is 0.296. The normalized spacial score (nSPS) is 12.4. The zero-order chi connectivity index (χ0) is 15.2. The molecule has 1 atom stereocenters. The van der Waals surface area contributed by atoms with Gasteiger partial charge < -0.3 is 10.1 Å². The molecular formula is C16H22BrN3O. The second-order valence-electron chi connectivity index (χ2n) is 5.13. The Morgan fingerprint density at radius 2 is 2.19 bits per heavy atom. The van der Waals surface area contributed by atoms with Gasteiger partial charge in [-0.15, -0.1) is 0 Å². The zero-order valence-corrected chi connectivity index (χ0v) is 14.4. The molecule has 0 aliphatic carbocycles. The lowest BCUT2D eigenvalue weighted by atomic mass is 10.2. The van der Waals surface area contributed by atoms with Crippen LogP contribution in [-0.4, -0.2) is 16.8 Å². The quantitative estimate of drug-likeness (QED) is 0.821. The maximum absolute atomic E-state index is 5.84. The lowest BCUT2D eigenvalue weighted by Crippen LogP contribution is -2.06. The summed E-state index contributed by atoms with van der Waals surface area (Å²) in [6, 6.07) is 8.56. The van der Waals surface area contributed by atoms with Crippen LogP contribution in [0.4, 0.5) is 0 Å². The summed E-state index contributed by atoms with van der Waals surface area (Å²) >= 11 is 3.55. The summed E-state index contributed by atoms with van der Waals surface area (Å²) in [5.74, 6) is 0.841. The van der Waals surface area contributed by atoms with Crippen LogP contribution in [-0.2, 0) is 13.2 Å². The molecule has 1 heterocycles. The van der Waals surface area contributed by atoms with Gasteiger partial charge in [0.1, 0.15) is 12.4 Å². The number of ether oxygens (including phenoxy) is 1. The highest BCUT2D eigenvalue weighted by molar-refractivity contribution is 9.10. The molecule has 1 aromatic carbocycles. The number of rotatable bonds is 7. The number of halogens is 1. The molecule has 0 amide bonds. The number of hydrogen-bond donors (Lipinski definition) is 1. The van der Waals surface area contributed by atoms with E-state index in [0.717, 1.165) is 28.9 Å². The Balaban J connectivity index is 1.98. The van der Waals surface area contributed by atoms with E-state index in [0.29, 0.717) is 12.6 Å². The van der Waals surface area contributed by atoms with Gasteiger partial charge in [-0.2, -0.15) is 5.10 Å². The Hall–Kier alpha value is -1.33. The smallest absolute Gasteiger partial charge is 0.134 e. The molecule has 1 unspecified atom stereocenters. The van der Waals surface area contributed by atoms with Crippen molar-refractivity contribution in [2.75, 3.05) is 7.05 Å². The van der Waals surface area contributed by atoms with E-state index in [9.17, 15) is 0 Å². The van der Waals surface area contributed by atoms with Crippen LogP contribution < -0.4 is 10.1 Å². The van der Waals surface area contributed by atoms with Gasteiger partial charge in [0.15, 0.2) is 0 Å². The summed E-state index contributed by atoms with van der Waals surface area (Å²) in [6.45, 7) is 5.65. The van der Waals surface area contributed by atoms with Crippen LogP contribution in [0.1, 0.15) is 37.6 Å². The maximum Gasteiger partial charge on any atom is 0.134 e. The van der Waals surface area contributed by atoms with Crippen LogP contribution in [0.5, 0.6) is 5.75 Å². The molecular weight excluding hydrogens is 330 g/mol. The number of aromatic nitrogens is 2. The van der Waals surface area contributed by atoms with E-state index in [2.05, 4.69) is 52.3 Å². The molecule has 1 aromatic heterocycles. The fourth-order valence-electron chi connectivity index (χ4n) is 2.01. The summed E-state index contributed by atoms with van der Waals surface area (Å²) in [4.78, 5) is 0. The first kappa shape index (κ1) is 16.0. The van der Waals surface area contributed by atoms with E-state index in [1.54, 1.807) is 0 Å². The van der Waals surface area contributed by atoms with Crippen LogP contribution in [0.2, 0.25) is 0 Å². The maximum atomic E-state index is 5.84. The average Bonchev–Trinajstić information content (AvgIpc) is 2.95. The van der Waals surface area contributed by atoms with Crippen molar-refractivity contribution in [3.05, 3.63) is 46.2 Å². The highest BCUT2D eigenvalue weighted by Gasteiger charge is 2.07. The first-order chi connectivity index (χ1) is 10.1. The van der Waals surface area contributed by atoms with Crippen molar-refractivity contribution in [3.63, 3.8) is 0 Å². The van der Waals surface area contributed by atoms with Gasteiger partial charge in [-0.3, -0.25) is 4.68 Å². The number of nitrogens with zero attached hydrogens (tertiary/aromatic N) is 2. The fraction of sp³-hybridized carbons (Fsp3) is 0.438. The Morgan fingerprint density at radius 3 is 2.86 bits per heavy atom. The van der Waals surface area contributed by atoms with E-state index >= 15 is 0 Å². The fourth-order valence-corrected chi connectivity index (χ4v) is 2.55. The molecule has 0 fully saturated rings. The van der Waals surface area contributed by atoms with Crippen molar-refractivity contribution in [2.24, 2.45) is 0 Å². The molecule has 0 spiro atoms. The van der Waals surface area contributed by atoms with Gasteiger partial charge in [0.2, 0.25) is 0 Å². The van der Waals surface area contributed by atoms with E-state index in [4.69, 9.17) is 4.74 Å². The standard InChI is InChI=1S/C16H22BrN3O/c1-4-12(2)20-8-7-14(19-20)11-21-16-6-5-13(10-18-3)9-15(16)17/h5-9,12,18H,4,10-11H2,1-3H3. The predicted molar refractivity (Wildman–Crippen MR) is 88.5 cm³/mol. The molecule has 0 saturated heterocycles. The van der Waals surface area contributed by atoms with Crippen molar-refractivity contribution in [3.8, 4) is 5.75 Å². The van der Waals surface area contributed by atoms with Crippen molar-refractivity contribution in [1.29, 1.82) is 0 Å². The molecule has 21 heavy (non-hydrogen) atoms. The first-order valence-corrected chi connectivity index (χ1v) is 8.03.